The standard InChI is InChI=1S/C25H23F3N4O2/c1-33-22-14-17(12-19(15-29)24-31-30-23-8-3-2-4-11-32(23)24)9-10-21(22)34-16-18-6-5-7-20(13-18)25(26,27)28/h5-7,9-10,12-14H,2-4,8,11,16H2,1H3/b19-12+. The van der Waals surface area contributed by atoms with Crippen LogP contribution in [0, 0.1) is 11.3 Å². The summed E-state index contributed by atoms with van der Waals surface area (Å²) in [6.07, 6.45) is 1.33. The number of halogens is 3. The summed E-state index contributed by atoms with van der Waals surface area (Å²) in [6, 6.07) is 12.3. The highest BCUT2D eigenvalue weighted by Gasteiger charge is 2.30. The first-order valence-electron chi connectivity index (χ1n) is 10.9. The molecule has 0 saturated heterocycles. The van der Waals surface area contributed by atoms with Crippen molar-refractivity contribution < 1.29 is 22.6 Å². The van der Waals surface area contributed by atoms with E-state index in [-0.39, 0.29) is 6.61 Å². The van der Waals surface area contributed by atoms with Crippen LogP contribution in [0.3, 0.4) is 0 Å². The Bertz CT molecular complexity index is 1240. The lowest BCUT2D eigenvalue weighted by atomic mass is 10.1. The SMILES string of the molecule is COc1cc(/C=C(\C#N)c2nnc3n2CCCCC3)ccc1OCc1cccc(C(F)(F)F)c1. The van der Waals surface area contributed by atoms with E-state index >= 15 is 0 Å². The van der Waals surface area contributed by atoms with Gasteiger partial charge >= 0.3 is 6.18 Å². The second-order valence-electron chi connectivity index (χ2n) is 7.97. The summed E-state index contributed by atoms with van der Waals surface area (Å²) in [7, 11) is 1.48. The van der Waals surface area contributed by atoms with Crippen molar-refractivity contribution >= 4 is 11.6 Å². The molecule has 0 spiro atoms. The van der Waals surface area contributed by atoms with E-state index in [1.54, 1.807) is 30.3 Å². The van der Waals surface area contributed by atoms with Crippen LogP contribution in [0.2, 0.25) is 0 Å². The van der Waals surface area contributed by atoms with Crippen LogP contribution in [-0.4, -0.2) is 21.9 Å². The number of aromatic nitrogens is 3. The van der Waals surface area contributed by atoms with E-state index in [0.717, 1.165) is 50.2 Å². The molecule has 2 aromatic carbocycles. The summed E-state index contributed by atoms with van der Waals surface area (Å²) in [5.41, 5.74) is 0.752. The Morgan fingerprint density at radius 3 is 2.74 bits per heavy atom. The van der Waals surface area contributed by atoms with Gasteiger partial charge < -0.3 is 14.0 Å². The summed E-state index contributed by atoms with van der Waals surface area (Å²) in [5.74, 6) is 2.22. The molecule has 2 heterocycles. The number of rotatable bonds is 6. The van der Waals surface area contributed by atoms with E-state index in [2.05, 4.69) is 16.3 Å². The zero-order chi connectivity index (χ0) is 24.1. The van der Waals surface area contributed by atoms with Crippen molar-refractivity contribution in [1.82, 2.24) is 14.8 Å². The highest BCUT2D eigenvalue weighted by Crippen LogP contribution is 2.32. The molecule has 176 valence electrons. The molecule has 9 heteroatoms. The van der Waals surface area contributed by atoms with Gasteiger partial charge in [-0.05, 0) is 54.3 Å². The smallest absolute Gasteiger partial charge is 0.416 e. The monoisotopic (exact) mass is 468 g/mol. The minimum Gasteiger partial charge on any atom is -0.493 e. The zero-order valence-electron chi connectivity index (χ0n) is 18.6. The second kappa shape index (κ2) is 10.00. The third kappa shape index (κ3) is 5.22. The topological polar surface area (TPSA) is 73.0 Å². The van der Waals surface area contributed by atoms with Crippen LogP contribution in [-0.2, 0) is 25.7 Å². The molecule has 0 amide bonds. The van der Waals surface area contributed by atoms with Crippen LogP contribution >= 0.6 is 0 Å². The van der Waals surface area contributed by atoms with Crippen LogP contribution in [0.25, 0.3) is 11.6 Å². The van der Waals surface area contributed by atoms with Gasteiger partial charge in [-0.25, -0.2) is 0 Å². The fourth-order valence-corrected chi connectivity index (χ4v) is 3.89. The molecule has 1 aliphatic heterocycles. The number of hydrogen-bond acceptors (Lipinski definition) is 5. The lowest BCUT2D eigenvalue weighted by Crippen LogP contribution is -2.06. The quantitative estimate of drug-likeness (QED) is 0.436. The maximum atomic E-state index is 12.9. The maximum Gasteiger partial charge on any atom is 0.416 e. The van der Waals surface area contributed by atoms with Crippen molar-refractivity contribution in [1.29, 1.82) is 5.26 Å². The van der Waals surface area contributed by atoms with Crippen molar-refractivity contribution in [2.24, 2.45) is 0 Å². The number of methoxy groups -OCH3 is 1. The fourth-order valence-electron chi connectivity index (χ4n) is 3.89. The van der Waals surface area contributed by atoms with Crippen LogP contribution in [0.5, 0.6) is 11.5 Å². The number of nitrogens with zero attached hydrogens (tertiary/aromatic N) is 4. The van der Waals surface area contributed by atoms with Crippen molar-refractivity contribution in [3.63, 3.8) is 0 Å². The minimum absolute atomic E-state index is 0.0508. The van der Waals surface area contributed by atoms with Gasteiger partial charge in [-0.2, -0.15) is 18.4 Å². The van der Waals surface area contributed by atoms with Crippen molar-refractivity contribution in [2.45, 2.75) is 45.0 Å². The fraction of sp³-hybridized carbons (Fsp3) is 0.320. The van der Waals surface area contributed by atoms with E-state index < -0.39 is 11.7 Å². The normalized spacial score (nSPS) is 14.1. The third-order valence-electron chi connectivity index (χ3n) is 5.62. The molecule has 0 bridgehead atoms. The van der Waals surface area contributed by atoms with Gasteiger partial charge in [0.1, 0.15) is 18.5 Å². The summed E-state index contributed by atoms with van der Waals surface area (Å²) in [6.45, 7) is 0.729. The highest BCUT2D eigenvalue weighted by atomic mass is 19.4. The molecule has 0 unspecified atom stereocenters. The number of alkyl halides is 3. The van der Waals surface area contributed by atoms with E-state index in [1.807, 2.05) is 4.57 Å². The molecule has 1 aliphatic rings. The Morgan fingerprint density at radius 1 is 1.12 bits per heavy atom. The predicted molar refractivity (Wildman–Crippen MR) is 120 cm³/mol. The molecule has 34 heavy (non-hydrogen) atoms. The zero-order valence-corrected chi connectivity index (χ0v) is 18.6. The van der Waals surface area contributed by atoms with Gasteiger partial charge in [-0.3, -0.25) is 0 Å². The first-order valence-corrected chi connectivity index (χ1v) is 10.9. The van der Waals surface area contributed by atoms with Gasteiger partial charge in [-0.15, -0.1) is 10.2 Å². The second-order valence-corrected chi connectivity index (χ2v) is 7.97. The number of ether oxygens (including phenoxy) is 2. The maximum absolute atomic E-state index is 12.9. The molecule has 4 rings (SSSR count). The third-order valence-corrected chi connectivity index (χ3v) is 5.62. The number of nitriles is 1. The van der Waals surface area contributed by atoms with Crippen molar-refractivity contribution in [3.8, 4) is 17.6 Å². The molecule has 0 aliphatic carbocycles. The summed E-state index contributed by atoms with van der Waals surface area (Å²) in [4.78, 5) is 0. The average molecular weight is 468 g/mol. The number of allylic oxidation sites excluding steroid dienone is 1. The Hall–Kier alpha value is -3.80. The highest BCUT2D eigenvalue weighted by molar-refractivity contribution is 5.87. The Labute approximate surface area is 195 Å². The average Bonchev–Trinajstić information content (AvgIpc) is 3.08. The minimum atomic E-state index is -4.41. The molecule has 3 aromatic rings. The van der Waals surface area contributed by atoms with Crippen LogP contribution in [0.15, 0.2) is 42.5 Å². The van der Waals surface area contributed by atoms with Gasteiger partial charge in [0, 0.05) is 13.0 Å². The van der Waals surface area contributed by atoms with E-state index in [0.29, 0.717) is 34.0 Å². The summed E-state index contributed by atoms with van der Waals surface area (Å²) < 4.78 is 52.0. The summed E-state index contributed by atoms with van der Waals surface area (Å²) in [5, 5.41) is 18.3. The van der Waals surface area contributed by atoms with Crippen molar-refractivity contribution in [2.75, 3.05) is 7.11 Å². The predicted octanol–water partition coefficient (Wildman–Crippen LogP) is 5.68. The number of hydrogen-bond donors (Lipinski definition) is 0. The van der Waals surface area contributed by atoms with Gasteiger partial charge in [-0.1, -0.05) is 24.6 Å². The Morgan fingerprint density at radius 2 is 1.97 bits per heavy atom. The van der Waals surface area contributed by atoms with Crippen LogP contribution in [0.1, 0.15) is 47.6 Å². The van der Waals surface area contributed by atoms with Gasteiger partial charge in [0.2, 0.25) is 0 Å². The molecular weight excluding hydrogens is 445 g/mol. The molecule has 0 atom stereocenters. The Balaban J connectivity index is 1.55. The molecule has 6 nitrogen and oxygen atoms in total. The lowest BCUT2D eigenvalue weighted by molar-refractivity contribution is -0.137. The van der Waals surface area contributed by atoms with E-state index in [1.165, 1.54) is 13.2 Å². The molecule has 0 N–H and O–H groups in total. The first-order chi connectivity index (χ1) is 16.4. The molecular formula is C25H23F3N4O2. The van der Waals surface area contributed by atoms with Crippen LogP contribution < -0.4 is 9.47 Å². The molecule has 0 fully saturated rings. The summed E-state index contributed by atoms with van der Waals surface area (Å²) >= 11 is 0. The number of benzene rings is 2. The van der Waals surface area contributed by atoms with E-state index in [9.17, 15) is 18.4 Å². The number of fused-ring (bicyclic) bond motifs is 1. The van der Waals surface area contributed by atoms with Gasteiger partial charge in [0.05, 0.1) is 18.2 Å². The molecule has 1 aromatic heterocycles. The van der Waals surface area contributed by atoms with Gasteiger partial charge in [0.25, 0.3) is 0 Å². The largest absolute Gasteiger partial charge is 0.493 e. The lowest BCUT2D eigenvalue weighted by Gasteiger charge is -2.13. The van der Waals surface area contributed by atoms with Crippen LogP contribution in [0.4, 0.5) is 13.2 Å². The molecule has 0 radical (unpaired) electrons. The van der Waals surface area contributed by atoms with E-state index in [4.69, 9.17) is 9.47 Å². The first kappa shape index (κ1) is 23.4. The van der Waals surface area contributed by atoms with Crippen molar-refractivity contribution in [3.05, 3.63) is 70.8 Å². The van der Waals surface area contributed by atoms with Gasteiger partial charge in [0.15, 0.2) is 17.3 Å². The molecule has 0 saturated carbocycles. The Kier molecular flexibility index (Phi) is 6.87. The number of aryl methyl sites for hydroxylation is 1.